The van der Waals surface area contributed by atoms with Crippen molar-refractivity contribution in [2.75, 3.05) is 4.31 Å². The third kappa shape index (κ3) is 2.21. The van der Waals surface area contributed by atoms with Crippen molar-refractivity contribution in [3.05, 3.63) is 29.3 Å². The highest BCUT2D eigenvalue weighted by Crippen LogP contribution is 2.58. The SMILES string of the molecule is C[C@H]1[C@@H]2[C@H]3C[C@@H]([C@@H]2S(=O)(=O)N1c1ccc(C#N)c(C(F)(F)F)c1)[C@H](O)C3. The smallest absolute Gasteiger partial charge is 0.393 e. The average Bonchev–Trinajstić information content (AvgIpc) is 3.16. The van der Waals surface area contributed by atoms with Crippen molar-refractivity contribution in [3.63, 3.8) is 0 Å². The van der Waals surface area contributed by atoms with Gasteiger partial charge in [-0.3, -0.25) is 4.31 Å². The first-order valence-electron chi connectivity index (χ1n) is 8.40. The molecule has 2 aliphatic carbocycles. The number of hydrogen-bond donors (Lipinski definition) is 1. The molecule has 26 heavy (non-hydrogen) atoms. The molecule has 0 aromatic heterocycles. The lowest BCUT2D eigenvalue weighted by Gasteiger charge is -2.28. The van der Waals surface area contributed by atoms with Crippen LogP contribution >= 0.6 is 0 Å². The van der Waals surface area contributed by atoms with Crippen LogP contribution < -0.4 is 4.31 Å². The van der Waals surface area contributed by atoms with Crippen molar-refractivity contribution in [3.8, 4) is 6.07 Å². The van der Waals surface area contributed by atoms with Crippen molar-refractivity contribution >= 4 is 15.7 Å². The number of hydrogen-bond acceptors (Lipinski definition) is 4. The summed E-state index contributed by atoms with van der Waals surface area (Å²) in [5.41, 5.74) is -1.76. The van der Waals surface area contributed by atoms with E-state index < -0.39 is 44.7 Å². The Hall–Kier alpha value is -1.79. The molecular formula is C17H17F3N2O3S. The van der Waals surface area contributed by atoms with Crippen molar-refractivity contribution in [1.29, 1.82) is 5.26 Å². The Labute approximate surface area is 149 Å². The molecule has 6 atom stereocenters. The molecule has 1 heterocycles. The molecule has 3 aliphatic rings. The number of benzene rings is 1. The second-order valence-electron chi connectivity index (χ2n) is 7.43. The van der Waals surface area contributed by atoms with Crippen molar-refractivity contribution in [2.24, 2.45) is 17.8 Å². The molecule has 0 unspecified atom stereocenters. The largest absolute Gasteiger partial charge is 0.417 e. The van der Waals surface area contributed by atoms with Crippen molar-refractivity contribution < 1.29 is 26.7 Å². The Morgan fingerprint density at radius 2 is 2.00 bits per heavy atom. The van der Waals surface area contributed by atoms with Gasteiger partial charge in [0, 0.05) is 17.9 Å². The van der Waals surface area contributed by atoms with Gasteiger partial charge in [0.15, 0.2) is 0 Å². The molecule has 9 heteroatoms. The van der Waals surface area contributed by atoms with E-state index in [1.165, 1.54) is 12.1 Å². The summed E-state index contributed by atoms with van der Waals surface area (Å²) in [6.07, 6.45) is -4.23. The predicted molar refractivity (Wildman–Crippen MR) is 86.5 cm³/mol. The van der Waals surface area contributed by atoms with Gasteiger partial charge < -0.3 is 5.11 Å². The Kier molecular flexibility index (Phi) is 3.63. The summed E-state index contributed by atoms with van der Waals surface area (Å²) < 4.78 is 67.0. The van der Waals surface area contributed by atoms with Gasteiger partial charge >= 0.3 is 6.18 Å². The number of nitrogens with zero attached hydrogens (tertiary/aromatic N) is 2. The van der Waals surface area contributed by atoms with Crippen molar-refractivity contribution in [2.45, 2.75) is 43.3 Å². The standard InChI is InChI=1S/C17H17F3N2O3S/c1-8-15-10-4-12(14(23)5-10)16(15)26(24,25)22(8)11-3-2-9(7-21)13(6-11)17(18,19)20/h2-3,6,8,10,12,14-16,23H,4-5H2,1H3/t8-,10-,12+,14+,15+,16-/m0/s1. The summed E-state index contributed by atoms with van der Waals surface area (Å²) in [6, 6.07) is 4.02. The maximum atomic E-state index is 13.3. The number of aliphatic hydroxyl groups is 1. The van der Waals surface area contributed by atoms with Crippen LogP contribution in [0.15, 0.2) is 18.2 Å². The number of fused-ring (bicyclic) bond motifs is 5. The van der Waals surface area contributed by atoms with Crippen LogP contribution in [0.2, 0.25) is 0 Å². The molecule has 2 saturated carbocycles. The fourth-order valence-electron chi connectivity index (χ4n) is 5.30. The van der Waals surface area contributed by atoms with Crippen LogP contribution in [-0.4, -0.2) is 30.9 Å². The number of rotatable bonds is 1. The number of halogens is 3. The highest BCUT2D eigenvalue weighted by molar-refractivity contribution is 7.93. The minimum absolute atomic E-state index is 0.0650. The van der Waals surface area contributed by atoms with Crippen LogP contribution in [0.1, 0.15) is 30.9 Å². The molecule has 1 aliphatic heterocycles. The highest BCUT2D eigenvalue weighted by Gasteiger charge is 2.65. The van der Waals surface area contributed by atoms with E-state index in [0.717, 1.165) is 16.4 Å². The summed E-state index contributed by atoms with van der Waals surface area (Å²) in [4.78, 5) is 0. The Bertz CT molecular complexity index is 909. The Morgan fingerprint density at radius 3 is 2.62 bits per heavy atom. The maximum Gasteiger partial charge on any atom is 0.417 e. The van der Waals surface area contributed by atoms with Crippen LogP contribution in [0.5, 0.6) is 0 Å². The summed E-state index contributed by atoms with van der Waals surface area (Å²) in [6.45, 7) is 1.71. The van der Waals surface area contributed by atoms with Gasteiger partial charge in [0.2, 0.25) is 10.0 Å². The highest BCUT2D eigenvalue weighted by atomic mass is 32.2. The van der Waals surface area contributed by atoms with Gasteiger partial charge in [-0.15, -0.1) is 0 Å². The first kappa shape index (κ1) is 17.6. The topological polar surface area (TPSA) is 81.4 Å². The minimum Gasteiger partial charge on any atom is -0.393 e. The van der Waals surface area contributed by atoms with Gasteiger partial charge in [-0.25, -0.2) is 8.42 Å². The lowest BCUT2D eigenvalue weighted by molar-refractivity contribution is -0.137. The van der Waals surface area contributed by atoms with E-state index in [-0.39, 0.29) is 23.4 Å². The lowest BCUT2D eigenvalue weighted by atomic mass is 9.82. The molecule has 4 rings (SSSR count). The molecular weight excluding hydrogens is 369 g/mol. The molecule has 0 amide bonds. The zero-order valence-electron chi connectivity index (χ0n) is 13.8. The zero-order valence-corrected chi connectivity index (χ0v) is 14.6. The molecule has 140 valence electrons. The van der Waals surface area contributed by atoms with Gasteiger partial charge in [0.05, 0.1) is 34.2 Å². The average molecular weight is 386 g/mol. The van der Waals surface area contributed by atoms with E-state index in [9.17, 15) is 26.7 Å². The van der Waals surface area contributed by atoms with Crippen LogP contribution in [0.4, 0.5) is 18.9 Å². The van der Waals surface area contributed by atoms with Crippen LogP contribution in [0.3, 0.4) is 0 Å². The molecule has 5 nitrogen and oxygen atoms in total. The summed E-state index contributed by atoms with van der Waals surface area (Å²) >= 11 is 0. The second-order valence-corrected chi connectivity index (χ2v) is 9.39. The first-order valence-corrected chi connectivity index (χ1v) is 9.90. The lowest BCUT2D eigenvalue weighted by Crippen LogP contribution is -2.38. The number of aliphatic hydroxyl groups excluding tert-OH is 1. The van der Waals surface area contributed by atoms with Crippen LogP contribution in [0, 0.1) is 29.1 Å². The van der Waals surface area contributed by atoms with E-state index in [2.05, 4.69) is 0 Å². The monoisotopic (exact) mass is 386 g/mol. The summed E-state index contributed by atoms with van der Waals surface area (Å²) in [7, 11) is -3.89. The molecule has 3 fully saturated rings. The number of nitriles is 1. The molecule has 1 saturated heterocycles. The normalized spacial score (nSPS) is 37.6. The van der Waals surface area contributed by atoms with Crippen LogP contribution in [-0.2, 0) is 16.2 Å². The van der Waals surface area contributed by atoms with Gasteiger partial charge in [0.25, 0.3) is 0 Å². The number of sulfonamides is 1. The molecule has 1 N–H and O–H groups in total. The predicted octanol–water partition coefficient (Wildman–Crippen LogP) is 2.50. The summed E-state index contributed by atoms with van der Waals surface area (Å²) in [5, 5.41) is 18.3. The quantitative estimate of drug-likeness (QED) is 0.804. The Morgan fingerprint density at radius 1 is 1.31 bits per heavy atom. The van der Waals surface area contributed by atoms with Gasteiger partial charge in [-0.2, -0.15) is 18.4 Å². The van der Waals surface area contributed by atoms with E-state index in [1.807, 2.05) is 0 Å². The van der Waals surface area contributed by atoms with E-state index in [1.54, 1.807) is 6.92 Å². The minimum atomic E-state index is -4.75. The molecule has 0 radical (unpaired) electrons. The molecule has 1 aromatic carbocycles. The van der Waals surface area contributed by atoms with E-state index in [0.29, 0.717) is 12.8 Å². The third-order valence-electron chi connectivity index (χ3n) is 6.19. The number of alkyl halides is 3. The Balaban J connectivity index is 1.81. The van der Waals surface area contributed by atoms with Crippen LogP contribution in [0.25, 0.3) is 0 Å². The second kappa shape index (κ2) is 5.36. The van der Waals surface area contributed by atoms with Gasteiger partial charge in [-0.1, -0.05) is 0 Å². The molecule has 2 bridgehead atoms. The zero-order chi connectivity index (χ0) is 19.0. The van der Waals surface area contributed by atoms with Gasteiger partial charge in [0.1, 0.15) is 0 Å². The van der Waals surface area contributed by atoms with E-state index >= 15 is 0 Å². The van der Waals surface area contributed by atoms with Crippen molar-refractivity contribution in [1.82, 2.24) is 0 Å². The van der Waals surface area contributed by atoms with Gasteiger partial charge in [-0.05, 0) is 43.9 Å². The third-order valence-corrected chi connectivity index (χ3v) is 8.63. The fraction of sp³-hybridized carbons (Fsp3) is 0.588. The summed E-state index contributed by atoms with van der Waals surface area (Å²) in [5.74, 6) is -0.489. The molecule has 0 spiro atoms. The van der Waals surface area contributed by atoms with E-state index in [4.69, 9.17) is 5.26 Å². The first-order chi connectivity index (χ1) is 12.1. The number of anilines is 1. The molecule has 1 aromatic rings. The maximum absolute atomic E-state index is 13.3. The fourth-order valence-corrected chi connectivity index (χ4v) is 8.15.